The number of hydrogen-bond acceptors (Lipinski definition) is 4. The molecular weight excluding hydrogens is 418 g/mol. The van der Waals surface area contributed by atoms with Crippen molar-refractivity contribution in [1.29, 1.82) is 10.5 Å². The summed E-state index contributed by atoms with van der Waals surface area (Å²) in [6.07, 6.45) is 11.2. The van der Waals surface area contributed by atoms with E-state index < -0.39 is 5.92 Å². The summed E-state index contributed by atoms with van der Waals surface area (Å²) in [4.78, 5) is 2.59. The summed E-state index contributed by atoms with van der Waals surface area (Å²) in [6.45, 7) is 15.9. The monoisotopic (exact) mass is 455 g/mol. The van der Waals surface area contributed by atoms with Crippen LogP contribution < -0.4 is 4.90 Å². The number of anilines is 1. The van der Waals surface area contributed by atoms with Gasteiger partial charge in [-0.2, -0.15) is 10.5 Å². The predicted octanol–water partition coefficient (Wildman–Crippen LogP) is 6.99. The first-order chi connectivity index (χ1) is 16.0. The van der Waals surface area contributed by atoms with Crippen LogP contribution in [0.25, 0.3) is 6.08 Å². The molecule has 0 N–H and O–H groups in total. The number of hydrogen-bond donors (Lipinski definition) is 0. The highest BCUT2D eigenvalue weighted by atomic mass is 16.5. The molecule has 0 radical (unpaired) electrons. The first-order valence-electron chi connectivity index (χ1n) is 12.6. The van der Waals surface area contributed by atoms with E-state index in [1.165, 1.54) is 35.2 Å². The molecule has 0 saturated carbocycles. The van der Waals surface area contributed by atoms with Gasteiger partial charge in [0.1, 0.15) is 17.4 Å². The number of allylic oxidation sites excluding steroid dienone is 4. The molecule has 1 aromatic carbocycles. The third-order valence-electron chi connectivity index (χ3n) is 7.74. The molecule has 0 aromatic heterocycles. The summed E-state index contributed by atoms with van der Waals surface area (Å²) in [6, 6.07) is 8.93. The molecule has 0 aliphatic carbocycles. The summed E-state index contributed by atoms with van der Waals surface area (Å²) < 4.78 is 6.19. The van der Waals surface area contributed by atoms with Crippen molar-refractivity contribution >= 4 is 11.8 Å². The largest absolute Gasteiger partial charge is 0.462 e. The van der Waals surface area contributed by atoms with Crippen LogP contribution in [0.3, 0.4) is 0 Å². The van der Waals surface area contributed by atoms with Crippen molar-refractivity contribution in [3.05, 3.63) is 58.6 Å². The van der Waals surface area contributed by atoms with Gasteiger partial charge >= 0.3 is 0 Å². The van der Waals surface area contributed by atoms with Crippen LogP contribution in [0.4, 0.5) is 5.69 Å². The number of nitriles is 2. The Morgan fingerprint density at radius 2 is 1.59 bits per heavy atom. The zero-order valence-electron chi connectivity index (χ0n) is 21.5. The average Bonchev–Trinajstić information content (AvgIpc) is 2.79. The molecule has 4 rings (SSSR count). The van der Waals surface area contributed by atoms with Crippen molar-refractivity contribution < 1.29 is 4.74 Å². The Bertz CT molecular complexity index is 1080. The number of benzene rings is 1. The van der Waals surface area contributed by atoms with Gasteiger partial charge in [0.15, 0.2) is 0 Å². The number of ether oxygens (including phenoxy) is 1. The molecule has 4 nitrogen and oxygen atoms in total. The molecule has 0 spiro atoms. The number of nitrogens with zero attached hydrogens (tertiary/aromatic N) is 3. The molecule has 1 atom stereocenters. The van der Waals surface area contributed by atoms with Crippen LogP contribution >= 0.6 is 0 Å². The van der Waals surface area contributed by atoms with Gasteiger partial charge in [0.2, 0.25) is 0 Å². The van der Waals surface area contributed by atoms with Gasteiger partial charge < -0.3 is 9.64 Å². The molecule has 3 aliphatic heterocycles. The van der Waals surface area contributed by atoms with E-state index in [2.05, 4.69) is 82.9 Å². The fourth-order valence-corrected chi connectivity index (χ4v) is 5.35. The van der Waals surface area contributed by atoms with E-state index in [1.807, 2.05) is 12.2 Å². The molecule has 34 heavy (non-hydrogen) atoms. The van der Waals surface area contributed by atoms with Crippen LogP contribution in [0.2, 0.25) is 0 Å². The van der Waals surface area contributed by atoms with Crippen LogP contribution in [-0.2, 0) is 15.6 Å². The fourth-order valence-electron chi connectivity index (χ4n) is 5.35. The van der Waals surface area contributed by atoms with Gasteiger partial charge in [-0.05, 0) is 77.1 Å². The highest BCUT2D eigenvalue weighted by Gasteiger charge is 2.39. The molecule has 3 heterocycles. The second-order valence-electron chi connectivity index (χ2n) is 11.7. The summed E-state index contributed by atoms with van der Waals surface area (Å²) in [5, 5.41) is 18.5. The highest BCUT2D eigenvalue weighted by Crippen LogP contribution is 2.49. The topological polar surface area (TPSA) is 60.0 Å². The molecule has 0 amide bonds. The van der Waals surface area contributed by atoms with Gasteiger partial charge in [-0.25, -0.2) is 0 Å². The van der Waals surface area contributed by atoms with E-state index in [0.29, 0.717) is 6.42 Å². The Kier molecular flexibility index (Phi) is 6.39. The van der Waals surface area contributed by atoms with E-state index in [0.717, 1.165) is 24.6 Å². The molecule has 0 bridgehead atoms. The lowest BCUT2D eigenvalue weighted by atomic mass is 9.69. The van der Waals surface area contributed by atoms with E-state index in [-0.39, 0.29) is 22.7 Å². The average molecular weight is 456 g/mol. The van der Waals surface area contributed by atoms with Gasteiger partial charge in [-0.15, -0.1) is 0 Å². The Balaban J connectivity index is 1.69. The maximum absolute atomic E-state index is 9.24. The van der Waals surface area contributed by atoms with E-state index >= 15 is 0 Å². The quantitative estimate of drug-likeness (QED) is 0.480. The zero-order valence-corrected chi connectivity index (χ0v) is 21.5. The lowest BCUT2D eigenvalue weighted by Gasteiger charge is -2.48. The molecule has 4 heteroatoms. The molecule has 1 aromatic rings. The molecule has 1 unspecified atom stereocenters. The van der Waals surface area contributed by atoms with Gasteiger partial charge in [0.25, 0.3) is 0 Å². The number of rotatable bonds is 5. The van der Waals surface area contributed by atoms with E-state index in [9.17, 15) is 10.5 Å². The Morgan fingerprint density at radius 1 is 1.00 bits per heavy atom. The molecule has 0 fully saturated rings. The van der Waals surface area contributed by atoms with Crippen LogP contribution in [0.15, 0.2) is 41.9 Å². The van der Waals surface area contributed by atoms with Crippen molar-refractivity contribution in [2.75, 3.05) is 18.0 Å². The smallest absolute Gasteiger partial charge is 0.134 e. The first-order valence-corrected chi connectivity index (χ1v) is 12.6. The SMILES string of the molecule is CC(C)C1=CC(CC(C#N)C#N)C=C(/C=C/c2cc3c4c(c2)C(C)(C)CCN4CCC3(C)C)O1. The second-order valence-corrected chi connectivity index (χ2v) is 11.7. The van der Waals surface area contributed by atoms with Gasteiger partial charge in [0.05, 0.1) is 12.1 Å². The molecule has 0 saturated heterocycles. The standard InChI is InChI=1S/C30H37N3O/c1-20(2)27-17-22(13-23(18-31)19-32)14-24(34-27)8-7-21-15-25-28-26(16-21)30(5,6)10-12-33(28)11-9-29(25,3)4/h7-8,14-17,20,22-23H,9-13H2,1-6H3/b8-7+. The maximum atomic E-state index is 9.24. The van der Waals surface area contributed by atoms with Gasteiger partial charge in [-0.3, -0.25) is 0 Å². The lowest BCUT2D eigenvalue weighted by molar-refractivity contribution is 0.261. The molecular formula is C30H37N3O. The van der Waals surface area contributed by atoms with E-state index in [4.69, 9.17) is 4.74 Å². The zero-order chi connectivity index (χ0) is 24.7. The minimum atomic E-state index is -0.615. The van der Waals surface area contributed by atoms with Crippen LogP contribution in [0.1, 0.15) is 77.5 Å². The van der Waals surface area contributed by atoms with Crippen LogP contribution in [-0.4, -0.2) is 13.1 Å². The maximum Gasteiger partial charge on any atom is 0.134 e. The molecule has 3 aliphatic rings. The minimum Gasteiger partial charge on any atom is -0.462 e. The van der Waals surface area contributed by atoms with E-state index in [1.54, 1.807) is 0 Å². The predicted molar refractivity (Wildman–Crippen MR) is 138 cm³/mol. The second kappa shape index (κ2) is 8.99. The summed E-state index contributed by atoms with van der Waals surface area (Å²) in [5.74, 6) is 1.34. The normalized spacial score (nSPS) is 22.5. The lowest BCUT2D eigenvalue weighted by Crippen LogP contribution is -2.44. The fraction of sp³-hybridized carbons (Fsp3) is 0.533. The third-order valence-corrected chi connectivity index (χ3v) is 7.74. The highest BCUT2D eigenvalue weighted by molar-refractivity contribution is 5.72. The van der Waals surface area contributed by atoms with Crippen molar-refractivity contribution in [3.8, 4) is 12.1 Å². The van der Waals surface area contributed by atoms with Crippen LogP contribution in [0, 0.1) is 40.4 Å². The van der Waals surface area contributed by atoms with Crippen LogP contribution in [0.5, 0.6) is 0 Å². The van der Waals surface area contributed by atoms with Crippen molar-refractivity contribution in [1.82, 2.24) is 0 Å². The summed E-state index contributed by atoms with van der Waals surface area (Å²) in [5.41, 5.74) is 5.87. The van der Waals surface area contributed by atoms with Crippen molar-refractivity contribution in [3.63, 3.8) is 0 Å². The first kappa shape index (κ1) is 24.2. The summed E-state index contributed by atoms with van der Waals surface area (Å²) in [7, 11) is 0. The van der Waals surface area contributed by atoms with Gasteiger partial charge in [-0.1, -0.05) is 47.6 Å². The van der Waals surface area contributed by atoms with Gasteiger partial charge in [0, 0.05) is 30.6 Å². The minimum absolute atomic E-state index is 0.0196. The third kappa shape index (κ3) is 4.65. The Morgan fingerprint density at radius 3 is 2.12 bits per heavy atom. The molecule has 178 valence electrons. The van der Waals surface area contributed by atoms with Crippen molar-refractivity contribution in [2.45, 2.75) is 71.6 Å². The van der Waals surface area contributed by atoms with Crippen molar-refractivity contribution in [2.24, 2.45) is 17.8 Å². The Labute approximate surface area is 205 Å². The Hall–Kier alpha value is -2.98. The summed E-state index contributed by atoms with van der Waals surface area (Å²) >= 11 is 0.